The summed E-state index contributed by atoms with van der Waals surface area (Å²) >= 11 is 1.49. The van der Waals surface area contributed by atoms with Gasteiger partial charge in [0.25, 0.3) is 5.91 Å². The highest BCUT2D eigenvalue weighted by Crippen LogP contribution is 2.28. The number of hydrogen-bond donors (Lipinski definition) is 4. The summed E-state index contributed by atoms with van der Waals surface area (Å²) in [5.41, 5.74) is 2.32. The number of carbonyl (C=O) groups is 1. The lowest BCUT2D eigenvalue weighted by atomic mass is 9.90. The summed E-state index contributed by atoms with van der Waals surface area (Å²) in [5.74, 6) is -0.127. The number of halogens is 1. The van der Waals surface area contributed by atoms with Gasteiger partial charge in [-0.3, -0.25) is 15.1 Å². The van der Waals surface area contributed by atoms with Crippen molar-refractivity contribution in [1.82, 2.24) is 10.3 Å². The second kappa shape index (κ2) is 10.5. The van der Waals surface area contributed by atoms with Crippen LogP contribution in [0, 0.1) is 5.82 Å². The Labute approximate surface area is 203 Å². The minimum absolute atomic E-state index is 0.275. The smallest absolute Gasteiger partial charge is 0.255 e. The molecule has 9 heteroatoms. The van der Waals surface area contributed by atoms with Crippen molar-refractivity contribution in [3.63, 3.8) is 0 Å². The van der Waals surface area contributed by atoms with Gasteiger partial charge >= 0.3 is 0 Å². The Bertz CT molecular complexity index is 1110. The van der Waals surface area contributed by atoms with E-state index in [4.69, 9.17) is 4.84 Å². The maximum absolute atomic E-state index is 13.2. The Balaban J connectivity index is 1.60. The highest BCUT2D eigenvalue weighted by molar-refractivity contribution is 7.16. The average Bonchev–Trinajstić information content (AvgIpc) is 3.24. The molecule has 7 nitrogen and oxygen atoms in total. The van der Waals surface area contributed by atoms with E-state index < -0.39 is 11.2 Å². The number of rotatable bonds is 10. The van der Waals surface area contributed by atoms with Crippen LogP contribution in [0.3, 0.4) is 0 Å². The Morgan fingerprint density at radius 2 is 1.85 bits per heavy atom. The fourth-order valence-electron chi connectivity index (χ4n) is 2.84. The Morgan fingerprint density at radius 3 is 2.53 bits per heavy atom. The van der Waals surface area contributed by atoms with E-state index in [1.165, 1.54) is 23.5 Å². The lowest BCUT2D eigenvalue weighted by molar-refractivity contribution is -0.129. The van der Waals surface area contributed by atoms with Crippen LogP contribution in [0.1, 0.15) is 61.5 Å². The summed E-state index contributed by atoms with van der Waals surface area (Å²) in [6.45, 7) is 9.31. The van der Waals surface area contributed by atoms with Gasteiger partial charge in [0.1, 0.15) is 22.2 Å². The summed E-state index contributed by atoms with van der Waals surface area (Å²) < 4.78 is 13.2. The standard InChI is InChI=1S/C25H31FN4O3S/c1-16(17-8-10-18(26)11-9-17)29-23(31)20-7-6-14-27-22(20)28-15-19-12-13-21(34-19)30-33-25(4,5)24(2,3)32/h6-14,16,30,32H,15H2,1-5H3,(H,27,28)(H,29,31). The van der Waals surface area contributed by atoms with Gasteiger partial charge in [-0.1, -0.05) is 12.1 Å². The molecule has 0 saturated heterocycles. The Kier molecular flexibility index (Phi) is 7.91. The number of amides is 1. The van der Waals surface area contributed by atoms with Crippen molar-refractivity contribution in [3.05, 3.63) is 76.5 Å². The molecule has 0 saturated carbocycles. The van der Waals surface area contributed by atoms with Crippen molar-refractivity contribution in [3.8, 4) is 0 Å². The highest BCUT2D eigenvalue weighted by atomic mass is 32.1. The summed E-state index contributed by atoms with van der Waals surface area (Å²) in [6.07, 6.45) is 1.62. The largest absolute Gasteiger partial charge is 0.387 e. The molecule has 0 radical (unpaired) electrons. The number of nitrogens with one attached hydrogen (secondary N) is 3. The predicted octanol–water partition coefficient (Wildman–Crippen LogP) is 5.28. The number of anilines is 2. The van der Waals surface area contributed by atoms with Crippen molar-refractivity contribution in [2.75, 3.05) is 10.8 Å². The number of aromatic nitrogens is 1. The number of thiophene rings is 1. The van der Waals surface area contributed by atoms with Crippen LogP contribution in [0.4, 0.5) is 15.2 Å². The van der Waals surface area contributed by atoms with Crippen LogP contribution >= 0.6 is 11.3 Å². The maximum atomic E-state index is 13.2. The molecule has 0 aliphatic rings. The lowest BCUT2D eigenvalue weighted by Gasteiger charge is -2.36. The summed E-state index contributed by atoms with van der Waals surface area (Å²) in [7, 11) is 0. The first-order valence-electron chi connectivity index (χ1n) is 11.0. The molecule has 2 aromatic heterocycles. The van der Waals surface area contributed by atoms with Gasteiger partial charge in [-0.05, 0) is 76.6 Å². The molecule has 4 N–H and O–H groups in total. The van der Waals surface area contributed by atoms with Crippen LogP contribution in [0.5, 0.6) is 0 Å². The quantitative estimate of drug-likeness (QED) is 0.291. The van der Waals surface area contributed by atoms with Crippen LogP contribution in [-0.4, -0.2) is 27.2 Å². The maximum Gasteiger partial charge on any atom is 0.255 e. The van der Waals surface area contributed by atoms with Crippen molar-refractivity contribution in [1.29, 1.82) is 0 Å². The van der Waals surface area contributed by atoms with Gasteiger partial charge < -0.3 is 15.7 Å². The third-order valence-electron chi connectivity index (χ3n) is 5.74. The van der Waals surface area contributed by atoms with Gasteiger partial charge in [-0.15, -0.1) is 11.3 Å². The number of hydrogen-bond acceptors (Lipinski definition) is 7. The molecule has 2 heterocycles. The molecule has 0 bridgehead atoms. The molecule has 3 aromatic rings. The number of benzene rings is 1. The number of nitrogens with zero attached hydrogens (tertiary/aromatic N) is 1. The molecule has 0 fully saturated rings. The molecule has 0 spiro atoms. The van der Waals surface area contributed by atoms with Crippen molar-refractivity contribution >= 4 is 28.1 Å². The normalized spacial score (nSPS) is 12.8. The van der Waals surface area contributed by atoms with Crippen molar-refractivity contribution in [2.45, 2.75) is 58.4 Å². The van der Waals surface area contributed by atoms with Gasteiger partial charge in [0.2, 0.25) is 0 Å². The van der Waals surface area contributed by atoms with Gasteiger partial charge in [-0.25, -0.2) is 9.37 Å². The van der Waals surface area contributed by atoms with E-state index in [1.54, 1.807) is 58.2 Å². The Hall–Kier alpha value is -3.01. The molecule has 3 rings (SSSR count). The van der Waals surface area contributed by atoms with E-state index in [2.05, 4.69) is 21.1 Å². The van der Waals surface area contributed by atoms with Gasteiger partial charge in [0.15, 0.2) is 0 Å². The monoisotopic (exact) mass is 486 g/mol. The predicted molar refractivity (Wildman–Crippen MR) is 133 cm³/mol. The lowest BCUT2D eigenvalue weighted by Crippen LogP contribution is -2.48. The summed E-state index contributed by atoms with van der Waals surface area (Å²) in [6, 6.07) is 13.0. The van der Waals surface area contributed by atoms with Crippen molar-refractivity contribution < 1.29 is 19.1 Å². The zero-order valence-corrected chi connectivity index (χ0v) is 20.8. The first kappa shape index (κ1) is 25.6. The number of pyridine rings is 1. The molecule has 1 unspecified atom stereocenters. The molecular formula is C25H31FN4O3S. The van der Waals surface area contributed by atoms with Crippen molar-refractivity contribution in [2.24, 2.45) is 0 Å². The summed E-state index contributed by atoms with van der Waals surface area (Å²) in [4.78, 5) is 23.9. The fourth-order valence-corrected chi connectivity index (χ4v) is 3.62. The van der Waals surface area contributed by atoms with Crippen LogP contribution in [-0.2, 0) is 11.4 Å². The second-order valence-corrected chi connectivity index (χ2v) is 10.2. The molecule has 182 valence electrons. The van der Waals surface area contributed by atoms with Crippen LogP contribution in [0.25, 0.3) is 0 Å². The third-order valence-corrected chi connectivity index (χ3v) is 6.72. The van der Waals surface area contributed by atoms with Crippen LogP contribution < -0.4 is 16.1 Å². The molecule has 0 aliphatic heterocycles. The minimum atomic E-state index is -1.02. The molecule has 34 heavy (non-hydrogen) atoms. The third kappa shape index (κ3) is 6.53. The van der Waals surface area contributed by atoms with E-state index in [1.807, 2.05) is 19.1 Å². The average molecular weight is 487 g/mol. The van der Waals surface area contributed by atoms with Gasteiger partial charge in [-0.2, -0.15) is 0 Å². The summed E-state index contributed by atoms with van der Waals surface area (Å²) in [5, 5.41) is 17.2. The molecule has 1 atom stereocenters. The number of aliphatic hydroxyl groups is 1. The topological polar surface area (TPSA) is 95.5 Å². The van der Waals surface area contributed by atoms with Gasteiger partial charge in [0, 0.05) is 11.1 Å². The Morgan fingerprint density at radius 1 is 1.15 bits per heavy atom. The highest BCUT2D eigenvalue weighted by Gasteiger charge is 2.37. The number of carbonyl (C=O) groups excluding carboxylic acids is 1. The van der Waals surface area contributed by atoms with E-state index in [9.17, 15) is 14.3 Å². The first-order valence-corrected chi connectivity index (χ1v) is 11.8. The molecule has 1 aromatic carbocycles. The van der Waals surface area contributed by atoms with E-state index >= 15 is 0 Å². The molecule has 1 amide bonds. The first-order chi connectivity index (χ1) is 16.0. The fraction of sp³-hybridized carbons (Fsp3) is 0.360. The second-order valence-electron chi connectivity index (χ2n) is 9.04. The SMILES string of the molecule is CC(NC(=O)c1cccnc1NCc1ccc(NOC(C)(C)C(C)(C)O)s1)c1ccc(F)cc1. The van der Waals surface area contributed by atoms with E-state index in [0.29, 0.717) is 17.9 Å². The zero-order valence-electron chi connectivity index (χ0n) is 20.0. The van der Waals surface area contributed by atoms with Crippen LogP contribution in [0.2, 0.25) is 0 Å². The molecular weight excluding hydrogens is 455 g/mol. The zero-order chi connectivity index (χ0) is 24.9. The van der Waals surface area contributed by atoms with Crippen LogP contribution in [0.15, 0.2) is 54.7 Å². The molecule has 0 aliphatic carbocycles. The van der Waals surface area contributed by atoms with E-state index in [-0.39, 0.29) is 17.8 Å². The minimum Gasteiger partial charge on any atom is -0.387 e. The van der Waals surface area contributed by atoms with E-state index in [0.717, 1.165) is 15.4 Å². The van der Waals surface area contributed by atoms with Gasteiger partial charge in [0.05, 0.1) is 23.8 Å².